The topological polar surface area (TPSA) is 26.3 Å². The Morgan fingerprint density at radius 2 is 1.64 bits per heavy atom. The van der Waals surface area contributed by atoms with Crippen molar-refractivity contribution in [1.82, 2.24) is 0 Å². The summed E-state index contributed by atoms with van der Waals surface area (Å²) in [6, 6.07) is 7.51. The number of ether oxygens (including phenoxy) is 1. The van der Waals surface area contributed by atoms with Crippen molar-refractivity contribution in [3.63, 3.8) is 0 Å². The standard InChI is InChI=1S/C12H13O2/c1-12(2,3)10-8-4-6-9(7-5-8)14-11(10)13/h4-7H,1-3H3. The molecule has 2 aliphatic rings. The maximum absolute atomic E-state index is 11.7. The van der Waals surface area contributed by atoms with Crippen LogP contribution in [0.1, 0.15) is 26.3 Å². The van der Waals surface area contributed by atoms with Gasteiger partial charge in [-0.25, -0.2) is 0 Å². The minimum atomic E-state index is -0.225. The second-order valence-electron chi connectivity index (χ2n) is 4.54. The van der Waals surface area contributed by atoms with Crippen molar-refractivity contribution in [3.8, 4) is 5.75 Å². The maximum Gasteiger partial charge on any atom is 0.324 e. The molecular weight excluding hydrogens is 176 g/mol. The highest BCUT2D eigenvalue weighted by Gasteiger charge is 2.37. The summed E-state index contributed by atoms with van der Waals surface area (Å²) in [6.07, 6.45) is 0. The average molecular weight is 189 g/mol. The third-order valence-electron chi connectivity index (χ3n) is 2.31. The fraction of sp³-hybridized carbons (Fsp3) is 0.333. The van der Waals surface area contributed by atoms with E-state index in [4.69, 9.17) is 4.74 Å². The molecule has 0 saturated heterocycles. The number of carbonyl (C=O) groups is 1. The lowest BCUT2D eigenvalue weighted by molar-refractivity contribution is -0.133. The van der Waals surface area contributed by atoms with E-state index in [0.717, 1.165) is 11.5 Å². The summed E-state index contributed by atoms with van der Waals surface area (Å²) >= 11 is 0. The molecule has 0 aliphatic carbocycles. The molecule has 1 aromatic rings. The first kappa shape index (κ1) is 9.25. The molecule has 0 N–H and O–H groups in total. The van der Waals surface area contributed by atoms with Crippen molar-refractivity contribution >= 4 is 5.97 Å². The Bertz CT molecular complexity index is 357. The van der Waals surface area contributed by atoms with Gasteiger partial charge in [0.15, 0.2) is 0 Å². The molecule has 0 aromatic heterocycles. The summed E-state index contributed by atoms with van der Waals surface area (Å²) in [7, 11) is 0. The lowest BCUT2D eigenvalue weighted by atomic mass is 9.77. The highest BCUT2D eigenvalue weighted by Crippen LogP contribution is 2.38. The fourth-order valence-corrected chi connectivity index (χ4v) is 1.70. The molecule has 2 bridgehead atoms. The Balaban J connectivity index is 2.49. The van der Waals surface area contributed by atoms with Crippen molar-refractivity contribution in [2.75, 3.05) is 0 Å². The smallest absolute Gasteiger partial charge is 0.324 e. The van der Waals surface area contributed by atoms with Gasteiger partial charge in [-0.05, 0) is 23.1 Å². The minimum absolute atomic E-state index is 0.180. The Morgan fingerprint density at radius 1 is 1.07 bits per heavy atom. The van der Waals surface area contributed by atoms with Gasteiger partial charge in [0.2, 0.25) is 0 Å². The minimum Gasteiger partial charge on any atom is -0.426 e. The maximum atomic E-state index is 11.7. The first-order valence-corrected chi connectivity index (χ1v) is 4.68. The van der Waals surface area contributed by atoms with Gasteiger partial charge in [0, 0.05) is 0 Å². The number of rotatable bonds is 0. The number of carbonyl (C=O) groups excluding carboxylic acids is 1. The first-order chi connectivity index (χ1) is 6.48. The van der Waals surface area contributed by atoms with Crippen LogP contribution in [-0.2, 0) is 4.79 Å². The molecule has 2 heteroatoms. The molecule has 1 radical (unpaired) electrons. The summed E-state index contributed by atoms with van der Waals surface area (Å²) in [5.41, 5.74) is 0.782. The van der Waals surface area contributed by atoms with Gasteiger partial charge in [-0.3, -0.25) is 4.79 Å². The van der Waals surface area contributed by atoms with Crippen LogP contribution in [0.25, 0.3) is 0 Å². The molecule has 0 amide bonds. The van der Waals surface area contributed by atoms with Gasteiger partial charge in [-0.2, -0.15) is 0 Å². The Labute approximate surface area is 83.9 Å². The van der Waals surface area contributed by atoms with E-state index in [1.807, 2.05) is 45.0 Å². The SMILES string of the molecule is CC(C)(C)[C]1C(=O)Oc2ccc1cc2. The normalized spacial score (nSPS) is 16.6. The number of benzene rings is 1. The highest BCUT2D eigenvalue weighted by molar-refractivity contribution is 5.93. The van der Waals surface area contributed by atoms with E-state index in [2.05, 4.69) is 0 Å². The highest BCUT2D eigenvalue weighted by atomic mass is 16.5. The van der Waals surface area contributed by atoms with E-state index < -0.39 is 0 Å². The Hall–Kier alpha value is -1.31. The van der Waals surface area contributed by atoms with E-state index in [9.17, 15) is 4.79 Å². The lowest BCUT2D eigenvalue weighted by Gasteiger charge is -2.26. The molecule has 0 spiro atoms. The summed E-state index contributed by atoms with van der Waals surface area (Å²) in [6.45, 7) is 6.05. The summed E-state index contributed by atoms with van der Waals surface area (Å²) in [5, 5.41) is 0. The van der Waals surface area contributed by atoms with E-state index >= 15 is 0 Å². The Kier molecular flexibility index (Phi) is 1.88. The van der Waals surface area contributed by atoms with Gasteiger partial charge in [-0.1, -0.05) is 32.9 Å². The van der Waals surface area contributed by atoms with Crippen LogP contribution in [0.3, 0.4) is 0 Å². The molecule has 3 rings (SSSR count). The van der Waals surface area contributed by atoms with Gasteiger partial charge in [0.1, 0.15) is 11.7 Å². The predicted molar refractivity (Wildman–Crippen MR) is 53.9 cm³/mol. The van der Waals surface area contributed by atoms with E-state index in [-0.39, 0.29) is 11.4 Å². The van der Waals surface area contributed by atoms with Crippen molar-refractivity contribution in [1.29, 1.82) is 0 Å². The molecule has 0 atom stereocenters. The van der Waals surface area contributed by atoms with Gasteiger partial charge < -0.3 is 4.74 Å². The zero-order valence-electron chi connectivity index (χ0n) is 8.63. The fourth-order valence-electron chi connectivity index (χ4n) is 1.70. The third-order valence-corrected chi connectivity index (χ3v) is 2.31. The van der Waals surface area contributed by atoms with E-state index in [0.29, 0.717) is 5.75 Å². The van der Waals surface area contributed by atoms with Gasteiger partial charge in [0.25, 0.3) is 0 Å². The van der Waals surface area contributed by atoms with Crippen LogP contribution in [0, 0.1) is 11.3 Å². The summed E-state index contributed by atoms with van der Waals surface area (Å²) in [5.74, 6) is 1.15. The zero-order valence-corrected chi connectivity index (χ0v) is 8.63. The predicted octanol–water partition coefficient (Wildman–Crippen LogP) is 2.57. The van der Waals surface area contributed by atoms with Gasteiger partial charge in [0.05, 0.1) is 0 Å². The number of esters is 1. The number of fused-ring (bicyclic) bond motifs is 4. The van der Waals surface area contributed by atoms with Crippen LogP contribution in [-0.4, -0.2) is 5.97 Å². The molecule has 0 fully saturated rings. The molecule has 14 heavy (non-hydrogen) atoms. The Morgan fingerprint density at radius 3 is 2.14 bits per heavy atom. The van der Waals surface area contributed by atoms with Crippen LogP contribution in [0.15, 0.2) is 24.3 Å². The third kappa shape index (κ3) is 1.41. The lowest BCUT2D eigenvalue weighted by Crippen LogP contribution is -2.29. The van der Waals surface area contributed by atoms with Crippen LogP contribution in [0.5, 0.6) is 5.75 Å². The molecular formula is C12H13O2. The van der Waals surface area contributed by atoms with Gasteiger partial charge in [-0.15, -0.1) is 0 Å². The van der Waals surface area contributed by atoms with Crippen molar-refractivity contribution in [3.05, 3.63) is 35.7 Å². The number of hydrogen-bond acceptors (Lipinski definition) is 2. The summed E-state index contributed by atoms with van der Waals surface area (Å²) < 4.78 is 5.19. The molecule has 0 saturated carbocycles. The molecule has 2 nitrogen and oxygen atoms in total. The average Bonchev–Trinajstić information content (AvgIpc) is 2.29. The molecule has 2 heterocycles. The van der Waals surface area contributed by atoms with Crippen molar-refractivity contribution in [2.45, 2.75) is 20.8 Å². The van der Waals surface area contributed by atoms with E-state index in [1.54, 1.807) is 0 Å². The van der Waals surface area contributed by atoms with Gasteiger partial charge >= 0.3 is 5.97 Å². The number of hydrogen-bond donors (Lipinski definition) is 0. The second-order valence-corrected chi connectivity index (χ2v) is 4.54. The van der Waals surface area contributed by atoms with Crippen molar-refractivity contribution < 1.29 is 9.53 Å². The van der Waals surface area contributed by atoms with Crippen molar-refractivity contribution in [2.24, 2.45) is 5.41 Å². The van der Waals surface area contributed by atoms with E-state index in [1.165, 1.54) is 0 Å². The molecule has 73 valence electrons. The summed E-state index contributed by atoms with van der Waals surface area (Å²) in [4.78, 5) is 11.7. The second kappa shape index (κ2) is 2.84. The monoisotopic (exact) mass is 189 g/mol. The molecule has 2 aliphatic heterocycles. The van der Waals surface area contributed by atoms with Crippen LogP contribution < -0.4 is 4.74 Å². The zero-order chi connectivity index (χ0) is 10.3. The molecule has 0 unspecified atom stereocenters. The van der Waals surface area contributed by atoms with Crippen LogP contribution in [0.4, 0.5) is 0 Å². The van der Waals surface area contributed by atoms with Crippen LogP contribution in [0.2, 0.25) is 0 Å². The quantitative estimate of drug-likeness (QED) is 0.463. The molecule has 1 aromatic carbocycles. The largest absolute Gasteiger partial charge is 0.426 e. The first-order valence-electron chi connectivity index (χ1n) is 4.68. The van der Waals surface area contributed by atoms with Crippen LogP contribution >= 0.6 is 0 Å².